The Bertz CT molecular complexity index is 1340. The van der Waals surface area contributed by atoms with Crippen LogP contribution in [0.25, 0.3) is 11.0 Å². The van der Waals surface area contributed by atoms with E-state index < -0.39 is 0 Å². The molecule has 0 saturated heterocycles. The molecule has 0 aliphatic carbocycles. The van der Waals surface area contributed by atoms with Crippen molar-refractivity contribution < 1.29 is 14.3 Å². The number of para-hydroxylation sites is 2. The number of aromatic nitrogens is 2. The van der Waals surface area contributed by atoms with Gasteiger partial charge in [-0.3, -0.25) is 4.79 Å². The molecular formula is C31H37N3O3. The van der Waals surface area contributed by atoms with E-state index >= 15 is 0 Å². The molecule has 4 rings (SSSR count). The fourth-order valence-corrected chi connectivity index (χ4v) is 4.40. The first kappa shape index (κ1) is 26.3. The standard InChI is InChI=1S/C31H37N3O3/c1-6-22(3)25-13-15-26(16-14-25)36-18-17-34-28-10-8-7-9-27(28)33-31(34)24(5)32-30(35)20-37-29-19-21(2)11-12-23(29)4/h7-16,19,22,24H,6,17-18,20H2,1-5H3,(H,32,35). The lowest BCUT2D eigenvalue weighted by atomic mass is 9.99. The van der Waals surface area contributed by atoms with Crippen molar-refractivity contribution in [1.29, 1.82) is 0 Å². The van der Waals surface area contributed by atoms with Crippen LogP contribution in [-0.2, 0) is 11.3 Å². The number of ether oxygens (including phenoxy) is 2. The first-order valence-corrected chi connectivity index (χ1v) is 13.0. The second-order valence-electron chi connectivity index (χ2n) is 9.68. The number of carbonyl (C=O) groups is 1. The molecule has 0 radical (unpaired) electrons. The molecule has 1 aromatic heterocycles. The Labute approximate surface area is 219 Å². The number of fused-ring (bicyclic) bond motifs is 1. The number of aryl methyl sites for hydroxylation is 2. The summed E-state index contributed by atoms with van der Waals surface area (Å²) < 4.78 is 14.0. The van der Waals surface area contributed by atoms with Gasteiger partial charge in [-0.15, -0.1) is 0 Å². The van der Waals surface area contributed by atoms with Crippen molar-refractivity contribution in [3.05, 3.63) is 89.2 Å². The van der Waals surface area contributed by atoms with Crippen LogP contribution in [0.3, 0.4) is 0 Å². The van der Waals surface area contributed by atoms with Crippen molar-refractivity contribution in [2.75, 3.05) is 13.2 Å². The summed E-state index contributed by atoms with van der Waals surface area (Å²) in [6.07, 6.45) is 1.11. The van der Waals surface area contributed by atoms with E-state index in [9.17, 15) is 4.79 Å². The summed E-state index contributed by atoms with van der Waals surface area (Å²) in [4.78, 5) is 17.5. The first-order valence-electron chi connectivity index (χ1n) is 13.0. The van der Waals surface area contributed by atoms with Crippen molar-refractivity contribution >= 4 is 16.9 Å². The van der Waals surface area contributed by atoms with Crippen LogP contribution in [0.15, 0.2) is 66.7 Å². The Morgan fingerprint density at radius 1 is 1.00 bits per heavy atom. The molecule has 0 fully saturated rings. The van der Waals surface area contributed by atoms with Crippen LogP contribution in [0, 0.1) is 13.8 Å². The molecule has 37 heavy (non-hydrogen) atoms. The van der Waals surface area contributed by atoms with E-state index in [1.165, 1.54) is 5.56 Å². The predicted octanol–water partition coefficient (Wildman–Crippen LogP) is 6.50. The highest BCUT2D eigenvalue weighted by Gasteiger charge is 2.19. The fraction of sp³-hybridized carbons (Fsp3) is 0.355. The van der Waals surface area contributed by atoms with Crippen LogP contribution in [0.2, 0.25) is 0 Å². The lowest BCUT2D eigenvalue weighted by molar-refractivity contribution is -0.123. The molecule has 4 aromatic rings. The highest BCUT2D eigenvalue weighted by molar-refractivity contribution is 5.79. The van der Waals surface area contributed by atoms with E-state index in [0.29, 0.717) is 19.1 Å². The van der Waals surface area contributed by atoms with Crippen LogP contribution >= 0.6 is 0 Å². The minimum Gasteiger partial charge on any atom is -0.492 e. The van der Waals surface area contributed by atoms with Gasteiger partial charge >= 0.3 is 0 Å². The molecule has 6 heteroatoms. The molecule has 0 aliphatic heterocycles. The summed E-state index contributed by atoms with van der Waals surface area (Å²) in [6.45, 7) is 11.4. The summed E-state index contributed by atoms with van der Waals surface area (Å²) in [5.41, 5.74) is 5.33. The van der Waals surface area contributed by atoms with Gasteiger partial charge in [-0.05, 0) is 80.1 Å². The number of nitrogens with one attached hydrogen (secondary N) is 1. The molecule has 0 bridgehead atoms. The van der Waals surface area contributed by atoms with Gasteiger partial charge in [-0.25, -0.2) is 4.98 Å². The summed E-state index contributed by atoms with van der Waals surface area (Å²) in [5.74, 6) is 2.71. The van der Waals surface area contributed by atoms with Crippen LogP contribution in [0.4, 0.5) is 0 Å². The van der Waals surface area contributed by atoms with Crippen molar-refractivity contribution in [1.82, 2.24) is 14.9 Å². The smallest absolute Gasteiger partial charge is 0.258 e. The topological polar surface area (TPSA) is 65.4 Å². The van der Waals surface area contributed by atoms with Crippen molar-refractivity contribution in [2.45, 2.75) is 59.5 Å². The lowest BCUT2D eigenvalue weighted by Crippen LogP contribution is -2.33. The number of carbonyl (C=O) groups excluding carboxylic acids is 1. The maximum absolute atomic E-state index is 12.7. The molecule has 0 spiro atoms. The third-order valence-electron chi connectivity index (χ3n) is 6.80. The van der Waals surface area contributed by atoms with E-state index in [-0.39, 0.29) is 18.6 Å². The SMILES string of the molecule is CCC(C)c1ccc(OCCn2c(C(C)NC(=O)COc3cc(C)ccc3C)nc3ccccc32)cc1. The maximum atomic E-state index is 12.7. The second-order valence-corrected chi connectivity index (χ2v) is 9.68. The Hall–Kier alpha value is -3.80. The third-order valence-corrected chi connectivity index (χ3v) is 6.80. The molecule has 194 valence electrons. The average molecular weight is 500 g/mol. The van der Waals surface area contributed by atoms with Gasteiger partial charge in [0.2, 0.25) is 0 Å². The number of rotatable bonds is 11. The number of benzene rings is 3. The highest BCUT2D eigenvalue weighted by Crippen LogP contribution is 2.24. The second kappa shape index (κ2) is 12.0. The van der Waals surface area contributed by atoms with Crippen molar-refractivity contribution in [3.8, 4) is 11.5 Å². The number of nitrogens with zero attached hydrogens (tertiary/aromatic N) is 2. The maximum Gasteiger partial charge on any atom is 0.258 e. The molecule has 2 unspecified atom stereocenters. The molecule has 0 saturated carbocycles. The fourth-order valence-electron chi connectivity index (χ4n) is 4.40. The Morgan fingerprint density at radius 3 is 2.51 bits per heavy atom. The van der Waals surface area contributed by atoms with E-state index in [2.05, 4.69) is 35.9 Å². The number of hydrogen-bond acceptors (Lipinski definition) is 4. The quantitative estimate of drug-likeness (QED) is 0.256. The van der Waals surface area contributed by atoms with Crippen LogP contribution in [0.1, 0.15) is 61.7 Å². The van der Waals surface area contributed by atoms with Crippen LogP contribution < -0.4 is 14.8 Å². The zero-order chi connectivity index (χ0) is 26.4. The molecule has 0 aliphatic rings. The summed E-state index contributed by atoms with van der Waals surface area (Å²) in [7, 11) is 0. The van der Waals surface area contributed by atoms with E-state index in [0.717, 1.165) is 45.9 Å². The molecular weight excluding hydrogens is 462 g/mol. The minimum atomic E-state index is -0.295. The normalized spacial score (nSPS) is 12.8. The first-order chi connectivity index (χ1) is 17.9. The lowest BCUT2D eigenvalue weighted by Gasteiger charge is -2.17. The van der Waals surface area contributed by atoms with Gasteiger partial charge in [0.25, 0.3) is 5.91 Å². The minimum absolute atomic E-state index is 0.0510. The molecule has 2 atom stereocenters. The van der Waals surface area contributed by atoms with Gasteiger partial charge in [-0.1, -0.05) is 50.2 Å². The van der Waals surface area contributed by atoms with E-state index in [1.807, 2.05) is 75.4 Å². The number of hydrogen-bond donors (Lipinski definition) is 1. The zero-order valence-corrected chi connectivity index (χ0v) is 22.5. The van der Waals surface area contributed by atoms with Gasteiger partial charge in [0.05, 0.1) is 23.6 Å². The Morgan fingerprint density at radius 2 is 1.76 bits per heavy atom. The van der Waals surface area contributed by atoms with Gasteiger partial charge in [0.1, 0.15) is 23.9 Å². The Balaban J connectivity index is 1.41. The van der Waals surface area contributed by atoms with Gasteiger partial charge < -0.3 is 19.4 Å². The van der Waals surface area contributed by atoms with Crippen LogP contribution in [0.5, 0.6) is 11.5 Å². The molecule has 1 amide bonds. The highest BCUT2D eigenvalue weighted by atomic mass is 16.5. The van der Waals surface area contributed by atoms with E-state index in [4.69, 9.17) is 14.5 Å². The monoisotopic (exact) mass is 499 g/mol. The van der Waals surface area contributed by atoms with Crippen molar-refractivity contribution in [2.24, 2.45) is 0 Å². The van der Waals surface area contributed by atoms with Crippen molar-refractivity contribution in [3.63, 3.8) is 0 Å². The number of imidazole rings is 1. The summed E-state index contributed by atoms with van der Waals surface area (Å²) >= 11 is 0. The average Bonchev–Trinajstić information content (AvgIpc) is 3.28. The molecule has 1 heterocycles. The van der Waals surface area contributed by atoms with Gasteiger partial charge in [0, 0.05) is 0 Å². The molecule has 3 aromatic carbocycles. The largest absolute Gasteiger partial charge is 0.492 e. The molecule has 1 N–H and O–H groups in total. The number of amides is 1. The summed E-state index contributed by atoms with van der Waals surface area (Å²) in [6, 6.07) is 22.0. The zero-order valence-electron chi connectivity index (χ0n) is 22.5. The summed E-state index contributed by atoms with van der Waals surface area (Å²) in [5, 5.41) is 3.04. The predicted molar refractivity (Wildman–Crippen MR) is 148 cm³/mol. The molecule has 6 nitrogen and oxygen atoms in total. The Kier molecular flexibility index (Phi) is 8.49. The van der Waals surface area contributed by atoms with Gasteiger partial charge in [0.15, 0.2) is 6.61 Å². The van der Waals surface area contributed by atoms with E-state index in [1.54, 1.807) is 0 Å². The third kappa shape index (κ3) is 6.50. The van der Waals surface area contributed by atoms with Crippen LogP contribution in [-0.4, -0.2) is 28.7 Å². The van der Waals surface area contributed by atoms with Gasteiger partial charge in [-0.2, -0.15) is 0 Å².